The van der Waals surface area contributed by atoms with Crippen LogP contribution in [0.4, 0.5) is 0 Å². The van der Waals surface area contributed by atoms with Crippen LogP contribution in [0.3, 0.4) is 0 Å². The van der Waals surface area contributed by atoms with Gasteiger partial charge in [-0.3, -0.25) is 9.59 Å². The smallest absolute Gasteiger partial charge is 0.257 e. The third-order valence-corrected chi connectivity index (χ3v) is 5.46. The first-order chi connectivity index (χ1) is 14.0. The Hall–Kier alpha value is -3.02. The minimum Gasteiger partial charge on any atom is -0.497 e. The molecule has 1 aliphatic heterocycles. The lowest BCUT2D eigenvalue weighted by molar-refractivity contribution is -0.132. The zero-order valence-corrected chi connectivity index (χ0v) is 17.2. The number of likely N-dealkylation sites (tertiary alicyclic amines) is 1. The molecule has 0 aromatic heterocycles. The van der Waals surface area contributed by atoms with Crippen molar-refractivity contribution in [3.63, 3.8) is 0 Å². The van der Waals surface area contributed by atoms with Gasteiger partial charge in [0.1, 0.15) is 11.5 Å². The zero-order valence-electron chi connectivity index (χ0n) is 17.2. The van der Waals surface area contributed by atoms with Crippen LogP contribution in [0, 0.1) is 5.41 Å². The molecule has 1 unspecified atom stereocenters. The van der Waals surface area contributed by atoms with E-state index >= 15 is 0 Å². The highest BCUT2D eigenvalue weighted by Crippen LogP contribution is 2.32. The van der Waals surface area contributed by atoms with Gasteiger partial charge in [-0.2, -0.15) is 0 Å². The van der Waals surface area contributed by atoms with Crippen molar-refractivity contribution < 1.29 is 19.1 Å². The number of amides is 2. The lowest BCUT2D eigenvalue weighted by Gasteiger charge is -2.39. The average Bonchev–Trinajstić information content (AvgIpc) is 2.77. The summed E-state index contributed by atoms with van der Waals surface area (Å²) in [5, 5.41) is 3.03. The van der Waals surface area contributed by atoms with E-state index in [1.54, 1.807) is 31.3 Å². The number of carbonyl (C=O) groups excluding carboxylic acids is 2. The molecule has 3 rings (SSSR count). The Bertz CT molecular complexity index is 883. The maximum Gasteiger partial charge on any atom is 0.257 e. The van der Waals surface area contributed by atoms with Crippen LogP contribution in [0.25, 0.3) is 0 Å². The molecule has 1 saturated heterocycles. The first kappa shape index (κ1) is 20.7. The molecule has 6 nitrogen and oxygen atoms in total. The van der Waals surface area contributed by atoms with Crippen LogP contribution in [0.1, 0.15) is 35.7 Å². The Morgan fingerprint density at radius 3 is 2.66 bits per heavy atom. The fourth-order valence-corrected chi connectivity index (χ4v) is 3.77. The van der Waals surface area contributed by atoms with Crippen LogP contribution in [0.5, 0.6) is 11.5 Å². The number of hydrogen-bond donors (Lipinski definition) is 1. The van der Waals surface area contributed by atoms with Crippen molar-refractivity contribution in [2.45, 2.75) is 26.3 Å². The molecule has 0 aliphatic carbocycles. The topological polar surface area (TPSA) is 67.9 Å². The van der Waals surface area contributed by atoms with Crippen LogP contribution in [-0.4, -0.2) is 44.0 Å². The van der Waals surface area contributed by atoms with Gasteiger partial charge < -0.3 is 19.7 Å². The van der Waals surface area contributed by atoms with E-state index in [1.165, 1.54) is 0 Å². The van der Waals surface area contributed by atoms with Crippen LogP contribution < -0.4 is 14.8 Å². The summed E-state index contributed by atoms with van der Waals surface area (Å²) in [5.41, 5.74) is 0.865. The van der Waals surface area contributed by atoms with Gasteiger partial charge in [-0.15, -0.1) is 0 Å². The lowest BCUT2D eigenvalue weighted by atomic mass is 9.80. The molecule has 0 spiro atoms. The van der Waals surface area contributed by atoms with E-state index in [-0.39, 0.29) is 11.8 Å². The van der Waals surface area contributed by atoms with E-state index in [0.717, 1.165) is 24.2 Å². The van der Waals surface area contributed by atoms with Crippen molar-refractivity contribution in [3.05, 3.63) is 59.7 Å². The second kappa shape index (κ2) is 8.99. The molecule has 1 aliphatic rings. The second-order valence-corrected chi connectivity index (χ2v) is 7.63. The van der Waals surface area contributed by atoms with Gasteiger partial charge in [-0.1, -0.05) is 24.3 Å². The number of hydrogen-bond acceptors (Lipinski definition) is 4. The van der Waals surface area contributed by atoms with Crippen molar-refractivity contribution in [1.29, 1.82) is 0 Å². The van der Waals surface area contributed by atoms with E-state index in [0.29, 0.717) is 30.9 Å². The van der Waals surface area contributed by atoms with Crippen LogP contribution in [-0.2, 0) is 11.3 Å². The number of rotatable bonds is 6. The largest absolute Gasteiger partial charge is 0.497 e. The summed E-state index contributed by atoms with van der Waals surface area (Å²) in [7, 11) is 3.17. The van der Waals surface area contributed by atoms with Gasteiger partial charge in [0.25, 0.3) is 5.91 Å². The van der Waals surface area contributed by atoms with Gasteiger partial charge >= 0.3 is 0 Å². The van der Waals surface area contributed by atoms with Crippen LogP contribution in [0.2, 0.25) is 0 Å². The molecule has 2 aromatic carbocycles. The van der Waals surface area contributed by atoms with Gasteiger partial charge in [-0.05, 0) is 49.6 Å². The molecule has 6 heteroatoms. The molecule has 2 aromatic rings. The maximum atomic E-state index is 13.0. The summed E-state index contributed by atoms with van der Waals surface area (Å²) in [4.78, 5) is 27.8. The lowest BCUT2D eigenvalue weighted by Crippen LogP contribution is -2.51. The van der Waals surface area contributed by atoms with E-state index in [1.807, 2.05) is 43.3 Å². The number of carbonyl (C=O) groups is 2. The molecule has 1 heterocycles. The number of benzene rings is 2. The Morgan fingerprint density at radius 2 is 1.90 bits per heavy atom. The Balaban J connectivity index is 1.67. The van der Waals surface area contributed by atoms with E-state index in [9.17, 15) is 9.59 Å². The van der Waals surface area contributed by atoms with Crippen molar-refractivity contribution in [3.8, 4) is 11.5 Å². The summed E-state index contributed by atoms with van der Waals surface area (Å²) < 4.78 is 10.6. The molecule has 0 radical (unpaired) electrons. The van der Waals surface area contributed by atoms with Crippen molar-refractivity contribution in [2.24, 2.45) is 5.41 Å². The normalized spacial score (nSPS) is 18.8. The number of nitrogens with one attached hydrogen (secondary N) is 1. The molecule has 1 N–H and O–H groups in total. The number of nitrogens with zero attached hydrogens (tertiary/aromatic N) is 1. The highest BCUT2D eigenvalue weighted by atomic mass is 16.5. The number of ether oxygens (including phenoxy) is 2. The highest BCUT2D eigenvalue weighted by molar-refractivity contribution is 5.97. The molecule has 1 atom stereocenters. The minimum atomic E-state index is -0.630. The first-order valence-corrected chi connectivity index (χ1v) is 9.80. The molecule has 0 saturated carbocycles. The SMILES string of the molecule is COc1cccc(CNC(=O)C2(C)CCCN(C(=O)c3ccccc3OC)C2)c1. The Labute approximate surface area is 171 Å². The predicted octanol–water partition coefficient (Wildman–Crippen LogP) is 3.26. The number of methoxy groups -OCH3 is 2. The van der Waals surface area contributed by atoms with E-state index < -0.39 is 5.41 Å². The van der Waals surface area contributed by atoms with Gasteiger partial charge in [0.05, 0.1) is 25.2 Å². The number of piperidine rings is 1. The fourth-order valence-electron chi connectivity index (χ4n) is 3.77. The molecule has 1 fully saturated rings. The summed E-state index contributed by atoms with van der Waals surface area (Å²) in [6.45, 7) is 3.37. The van der Waals surface area contributed by atoms with Crippen molar-refractivity contribution in [2.75, 3.05) is 27.3 Å². The predicted molar refractivity (Wildman–Crippen MR) is 111 cm³/mol. The van der Waals surface area contributed by atoms with Gasteiger partial charge in [0.15, 0.2) is 0 Å². The maximum absolute atomic E-state index is 13.0. The quantitative estimate of drug-likeness (QED) is 0.814. The second-order valence-electron chi connectivity index (χ2n) is 7.63. The molecule has 0 bridgehead atoms. The van der Waals surface area contributed by atoms with E-state index in [2.05, 4.69) is 5.32 Å². The number of para-hydroxylation sites is 1. The summed E-state index contributed by atoms with van der Waals surface area (Å²) in [5.74, 6) is 1.16. The molecular weight excluding hydrogens is 368 g/mol. The zero-order chi connectivity index (χ0) is 20.9. The summed E-state index contributed by atoms with van der Waals surface area (Å²) >= 11 is 0. The molecule has 154 valence electrons. The van der Waals surface area contributed by atoms with Crippen LogP contribution in [0.15, 0.2) is 48.5 Å². The Morgan fingerprint density at radius 1 is 1.10 bits per heavy atom. The third kappa shape index (κ3) is 4.70. The summed E-state index contributed by atoms with van der Waals surface area (Å²) in [6.07, 6.45) is 1.52. The average molecular weight is 396 g/mol. The Kier molecular flexibility index (Phi) is 6.42. The highest BCUT2D eigenvalue weighted by Gasteiger charge is 2.39. The summed E-state index contributed by atoms with van der Waals surface area (Å²) in [6, 6.07) is 14.8. The van der Waals surface area contributed by atoms with Gasteiger partial charge in [-0.25, -0.2) is 0 Å². The molecular formula is C23H28N2O4. The van der Waals surface area contributed by atoms with Gasteiger partial charge in [0.2, 0.25) is 5.91 Å². The van der Waals surface area contributed by atoms with Crippen molar-refractivity contribution in [1.82, 2.24) is 10.2 Å². The standard InChI is InChI=1S/C23H28N2O4/c1-23(22(27)24-15-17-8-6-9-18(14-17)28-2)12-7-13-25(16-23)21(26)19-10-4-5-11-20(19)29-3/h4-6,8-11,14H,7,12-13,15-16H2,1-3H3,(H,24,27). The first-order valence-electron chi connectivity index (χ1n) is 9.80. The van der Waals surface area contributed by atoms with Crippen LogP contribution >= 0.6 is 0 Å². The molecule has 29 heavy (non-hydrogen) atoms. The fraction of sp³-hybridized carbons (Fsp3) is 0.391. The minimum absolute atomic E-state index is 0.0437. The molecule has 2 amide bonds. The monoisotopic (exact) mass is 396 g/mol. The van der Waals surface area contributed by atoms with Crippen molar-refractivity contribution >= 4 is 11.8 Å². The van der Waals surface area contributed by atoms with E-state index in [4.69, 9.17) is 9.47 Å². The van der Waals surface area contributed by atoms with Gasteiger partial charge in [0, 0.05) is 19.6 Å². The third-order valence-electron chi connectivity index (χ3n) is 5.46.